The third kappa shape index (κ3) is 3.72. The summed E-state index contributed by atoms with van der Waals surface area (Å²) < 4.78 is 0. The molecule has 0 saturated carbocycles. The Morgan fingerprint density at radius 3 is 2.44 bits per heavy atom. The molecule has 1 N–H and O–H groups in total. The Hall–Kier alpha value is -0.0600. The average Bonchev–Trinajstić information content (AvgIpc) is 2.39. The van der Waals surface area contributed by atoms with Gasteiger partial charge < -0.3 is 5.32 Å². The lowest BCUT2D eigenvalue weighted by molar-refractivity contribution is 0.0915. The molecule has 0 aliphatic carbocycles. The van der Waals surface area contributed by atoms with E-state index in [-0.39, 0.29) is 11.4 Å². The van der Waals surface area contributed by atoms with E-state index in [9.17, 15) is 4.79 Å². The number of nitrogens with one attached hydrogen (secondary N) is 1. The molecule has 0 atom stereocenters. The summed E-state index contributed by atoms with van der Waals surface area (Å²) in [6.07, 6.45) is 0.849. The minimum atomic E-state index is -0.259. The fourth-order valence-corrected chi connectivity index (χ4v) is 3.60. The summed E-state index contributed by atoms with van der Waals surface area (Å²) in [7, 11) is 0. The zero-order valence-electron chi connectivity index (χ0n) is 10.4. The molecule has 18 heavy (non-hydrogen) atoms. The fourth-order valence-electron chi connectivity index (χ4n) is 1.48. The molecule has 1 rings (SSSR count). The molecule has 2 nitrogen and oxygen atoms in total. The Morgan fingerprint density at radius 1 is 1.39 bits per heavy atom. The van der Waals surface area contributed by atoms with Crippen LogP contribution in [0.2, 0.25) is 5.02 Å². The van der Waals surface area contributed by atoms with E-state index in [2.05, 4.69) is 44.1 Å². The number of aryl methyl sites for hydroxylation is 1. The van der Waals surface area contributed by atoms with Gasteiger partial charge in [-0.1, -0.05) is 50.4 Å². The maximum Gasteiger partial charge on any atom is 0.251 e. The third-order valence-corrected chi connectivity index (χ3v) is 5.56. The van der Waals surface area contributed by atoms with Gasteiger partial charge in [0.05, 0.1) is 5.54 Å². The Kier molecular flexibility index (Phi) is 6.15. The molecular weight excluding hydrogens is 381 g/mol. The van der Waals surface area contributed by atoms with Crippen molar-refractivity contribution in [3.8, 4) is 0 Å². The highest BCUT2D eigenvalue weighted by Gasteiger charge is 2.28. The Morgan fingerprint density at radius 2 is 2.00 bits per heavy atom. The molecule has 0 radical (unpaired) electrons. The van der Waals surface area contributed by atoms with Crippen LogP contribution in [0.25, 0.3) is 0 Å². The van der Waals surface area contributed by atoms with Gasteiger partial charge in [0, 0.05) is 21.2 Å². The second-order valence-corrected chi connectivity index (χ2v) is 5.85. The van der Waals surface area contributed by atoms with Crippen LogP contribution in [0.3, 0.4) is 0 Å². The van der Waals surface area contributed by atoms with E-state index in [0.717, 1.165) is 12.0 Å². The standard InChI is InChI=1S/C13H16Br2ClNO/c1-3-13(7-14,8-15)17-12(18)10-4-5-11(16)9(2)6-10/h4-6H,3,7-8H2,1-2H3,(H,17,18). The van der Waals surface area contributed by atoms with E-state index in [1.54, 1.807) is 18.2 Å². The first-order valence-corrected chi connectivity index (χ1v) is 8.30. The van der Waals surface area contributed by atoms with Crippen molar-refractivity contribution in [2.45, 2.75) is 25.8 Å². The molecule has 1 amide bonds. The first kappa shape index (κ1) is 16.0. The van der Waals surface area contributed by atoms with E-state index < -0.39 is 0 Å². The summed E-state index contributed by atoms with van der Waals surface area (Å²) >= 11 is 12.9. The minimum absolute atomic E-state index is 0.0736. The predicted molar refractivity (Wildman–Crippen MR) is 84.3 cm³/mol. The highest BCUT2D eigenvalue weighted by atomic mass is 79.9. The highest BCUT2D eigenvalue weighted by Crippen LogP contribution is 2.20. The number of hydrogen-bond donors (Lipinski definition) is 1. The van der Waals surface area contributed by atoms with Gasteiger partial charge in [0.15, 0.2) is 0 Å². The Balaban J connectivity index is 2.90. The van der Waals surface area contributed by atoms with Crippen molar-refractivity contribution in [1.82, 2.24) is 5.32 Å². The molecule has 0 saturated heterocycles. The molecule has 5 heteroatoms. The number of benzene rings is 1. The number of carbonyl (C=O) groups is 1. The van der Waals surface area contributed by atoms with E-state index in [0.29, 0.717) is 21.2 Å². The average molecular weight is 398 g/mol. The van der Waals surface area contributed by atoms with Crippen molar-refractivity contribution in [2.24, 2.45) is 0 Å². The molecule has 1 aromatic rings. The summed E-state index contributed by atoms with van der Waals surface area (Å²) in [6.45, 7) is 3.94. The Bertz CT molecular complexity index is 425. The van der Waals surface area contributed by atoms with Gasteiger partial charge in [-0.05, 0) is 37.1 Å². The normalized spacial score (nSPS) is 11.4. The van der Waals surface area contributed by atoms with Crippen LogP contribution in [0.4, 0.5) is 0 Å². The van der Waals surface area contributed by atoms with Crippen LogP contribution in [0, 0.1) is 6.92 Å². The van der Waals surface area contributed by atoms with Crippen molar-refractivity contribution < 1.29 is 4.79 Å². The first-order valence-electron chi connectivity index (χ1n) is 5.68. The second kappa shape index (κ2) is 6.92. The van der Waals surface area contributed by atoms with E-state index in [4.69, 9.17) is 11.6 Å². The molecule has 0 aliphatic rings. The quantitative estimate of drug-likeness (QED) is 0.737. The zero-order chi connectivity index (χ0) is 13.8. The van der Waals surface area contributed by atoms with Crippen molar-refractivity contribution in [3.63, 3.8) is 0 Å². The number of halogens is 3. The molecule has 0 aromatic heterocycles. The smallest absolute Gasteiger partial charge is 0.251 e. The van der Waals surface area contributed by atoms with Crippen LogP contribution in [0.1, 0.15) is 29.3 Å². The van der Waals surface area contributed by atoms with Gasteiger partial charge in [-0.2, -0.15) is 0 Å². The summed E-state index contributed by atoms with van der Waals surface area (Å²) in [6, 6.07) is 5.30. The van der Waals surface area contributed by atoms with Crippen LogP contribution in [0.15, 0.2) is 18.2 Å². The lowest BCUT2D eigenvalue weighted by Crippen LogP contribution is -2.51. The number of hydrogen-bond acceptors (Lipinski definition) is 1. The van der Waals surface area contributed by atoms with E-state index >= 15 is 0 Å². The predicted octanol–water partition coefficient (Wildman–Crippen LogP) is 4.32. The molecule has 0 bridgehead atoms. The van der Waals surface area contributed by atoms with E-state index in [1.165, 1.54) is 0 Å². The number of carbonyl (C=O) groups excluding carboxylic acids is 1. The molecule has 0 unspecified atom stereocenters. The summed E-state index contributed by atoms with van der Waals surface area (Å²) in [5.74, 6) is -0.0736. The molecule has 0 fully saturated rings. The van der Waals surface area contributed by atoms with Gasteiger partial charge in [-0.25, -0.2) is 0 Å². The first-order chi connectivity index (χ1) is 8.48. The van der Waals surface area contributed by atoms with Gasteiger partial charge in [0.25, 0.3) is 5.91 Å². The lowest BCUT2D eigenvalue weighted by atomic mass is 10.0. The molecule has 0 spiro atoms. The molecule has 1 aromatic carbocycles. The third-order valence-electron chi connectivity index (χ3n) is 2.99. The lowest BCUT2D eigenvalue weighted by Gasteiger charge is -2.30. The minimum Gasteiger partial charge on any atom is -0.345 e. The van der Waals surface area contributed by atoms with Crippen LogP contribution in [-0.4, -0.2) is 22.1 Å². The number of amides is 1. The molecule has 100 valence electrons. The molecular formula is C13H16Br2ClNO. The van der Waals surface area contributed by atoms with Gasteiger partial charge in [-0.15, -0.1) is 0 Å². The van der Waals surface area contributed by atoms with Crippen molar-refractivity contribution in [1.29, 1.82) is 0 Å². The van der Waals surface area contributed by atoms with Crippen LogP contribution in [-0.2, 0) is 0 Å². The van der Waals surface area contributed by atoms with Crippen LogP contribution >= 0.6 is 43.5 Å². The zero-order valence-corrected chi connectivity index (χ0v) is 14.3. The molecule has 0 aliphatic heterocycles. The van der Waals surface area contributed by atoms with Gasteiger partial charge in [0.2, 0.25) is 0 Å². The summed E-state index contributed by atoms with van der Waals surface area (Å²) in [5, 5.41) is 5.16. The number of rotatable bonds is 5. The van der Waals surface area contributed by atoms with Gasteiger partial charge in [-0.3, -0.25) is 4.79 Å². The maximum atomic E-state index is 12.2. The number of alkyl halides is 2. The topological polar surface area (TPSA) is 29.1 Å². The maximum absolute atomic E-state index is 12.2. The SMILES string of the molecule is CCC(CBr)(CBr)NC(=O)c1ccc(Cl)c(C)c1. The highest BCUT2D eigenvalue weighted by molar-refractivity contribution is 9.09. The van der Waals surface area contributed by atoms with Crippen molar-refractivity contribution in [3.05, 3.63) is 34.3 Å². The second-order valence-electron chi connectivity index (χ2n) is 4.32. The van der Waals surface area contributed by atoms with E-state index in [1.807, 2.05) is 6.92 Å². The van der Waals surface area contributed by atoms with Gasteiger partial charge in [0.1, 0.15) is 0 Å². The largest absolute Gasteiger partial charge is 0.345 e. The summed E-state index contributed by atoms with van der Waals surface area (Å²) in [4.78, 5) is 12.2. The van der Waals surface area contributed by atoms with Crippen molar-refractivity contribution >= 4 is 49.4 Å². The molecule has 0 heterocycles. The van der Waals surface area contributed by atoms with Crippen LogP contribution in [0.5, 0.6) is 0 Å². The summed E-state index contributed by atoms with van der Waals surface area (Å²) in [5.41, 5.74) is 1.28. The Labute approximate surface area is 130 Å². The fraction of sp³-hybridized carbons (Fsp3) is 0.462. The van der Waals surface area contributed by atoms with Crippen LogP contribution < -0.4 is 5.32 Å². The van der Waals surface area contributed by atoms with Gasteiger partial charge >= 0.3 is 0 Å². The van der Waals surface area contributed by atoms with Crippen molar-refractivity contribution in [2.75, 3.05) is 10.7 Å². The monoisotopic (exact) mass is 395 g/mol.